The first-order chi connectivity index (χ1) is 16.3. The summed E-state index contributed by atoms with van der Waals surface area (Å²) in [5.41, 5.74) is 3.26. The van der Waals surface area contributed by atoms with E-state index in [1.165, 1.54) is 16.8 Å². The Hall–Kier alpha value is -4.18. The number of nitrogens with two attached hydrogens (primary N) is 1. The van der Waals surface area contributed by atoms with Gasteiger partial charge in [0.25, 0.3) is 5.69 Å². The molecule has 0 aliphatic rings. The largest absolute Gasteiger partial charge is 0.335 e. The Morgan fingerprint density at radius 1 is 1.03 bits per heavy atom. The maximum atomic E-state index is 13.3. The number of rotatable bonds is 7. The van der Waals surface area contributed by atoms with Crippen LogP contribution in [0.1, 0.15) is 21.9 Å². The summed E-state index contributed by atoms with van der Waals surface area (Å²) in [7, 11) is 0. The van der Waals surface area contributed by atoms with Gasteiger partial charge in [0.15, 0.2) is 5.82 Å². The topological polar surface area (TPSA) is 129 Å². The van der Waals surface area contributed by atoms with Crippen LogP contribution in [-0.2, 0) is 4.79 Å². The van der Waals surface area contributed by atoms with Gasteiger partial charge in [0.1, 0.15) is 10.9 Å². The van der Waals surface area contributed by atoms with Crippen LogP contribution < -0.4 is 11.2 Å². The Balaban J connectivity index is 1.66. The van der Waals surface area contributed by atoms with Gasteiger partial charge >= 0.3 is 0 Å². The molecule has 0 saturated heterocycles. The number of thioether (sulfide) groups is 1. The molecule has 1 atom stereocenters. The number of nitrogens with zero attached hydrogens (tertiary/aromatic N) is 4. The molecule has 1 unspecified atom stereocenters. The van der Waals surface area contributed by atoms with Crippen molar-refractivity contribution in [1.29, 1.82) is 0 Å². The van der Waals surface area contributed by atoms with Crippen LogP contribution in [0.4, 0.5) is 11.4 Å². The van der Waals surface area contributed by atoms with Crippen LogP contribution in [0.2, 0.25) is 0 Å². The summed E-state index contributed by atoms with van der Waals surface area (Å²) < 4.78 is 1.34. The van der Waals surface area contributed by atoms with Gasteiger partial charge in [0.05, 0.1) is 4.92 Å². The predicted molar refractivity (Wildman–Crippen MR) is 132 cm³/mol. The molecule has 1 aromatic heterocycles. The van der Waals surface area contributed by atoms with E-state index < -0.39 is 16.1 Å². The maximum Gasteiger partial charge on any atom is 0.293 e. The number of aryl methyl sites for hydroxylation is 2. The Kier molecular flexibility index (Phi) is 6.60. The molecule has 0 radical (unpaired) electrons. The number of nitro groups is 1. The molecule has 34 heavy (non-hydrogen) atoms. The van der Waals surface area contributed by atoms with Crippen LogP contribution in [-0.4, -0.2) is 25.7 Å². The van der Waals surface area contributed by atoms with Crippen molar-refractivity contribution in [3.05, 3.63) is 99.6 Å². The summed E-state index contributed by atoms with van der Waals surface area (Å²) >= 11 is 1.11. The minimum atomic E-state index is -0.778. The van der Waals surface area contributed by atoms with Crippen LogP contribution >= 0.6 is 11.8 Å². The monoisotopic (exact) mass is 474 g/mol. The quantitative estimate of drug-likeness (QED) is 0.172. The summed E-state index contributed by atoms with van der Waals surface area (Å²) in [6.45, 7) is 3.74. The third-order valence-electron chi connectivity index (χ3n) is 5.15. The molecule has 3 N–H and O–H groups in total. The molecular formula is C24H22N6O3S. The van der Waals surface area contributed by atoms with Crippen LogP contribution in [0.25, 0.3) is 11.4 Å². The van der Waals surface area contributed by atoms with E-state index in [4.69, 9.17) is 5.84 Å². The maximum absolute atomic E-state index is 13.3. The van der Waals surface area contributed by atoms with E-state index in [2.05, 4.69) is 15.5 Å². The number of nitrogen functional groups attached to an aromatic ring is 1. The first-order valence-corrected chi connectivity index (χ1v) is 11.3. The molecule has 0 spiro atoms. The number of amides is 1. The van der Waals surface area contributed by atoms with Gasteiger partial charge in [-0.05, 0) is 31.0 Å². The summed E-state index contributed by atoms with van der Waals surface area (Å²) in [5, 5.41) is 22.1. The number of aromatic nitrogens is 3. The van der Waals surface area contributed by atoms with Gasteiger partial charge in [-0.2, -0.15) is 0 Å². The van der Waals surface area contributed by atoms with E-state index >= 15 is 0 Å². The van der Waals surface area contributed by atoms with Crippen molar-refractivity contribution >= 4 is 29.0 Å². The third-order valence-corrected chi connectivity index (χ3v) is 6.36. The molecule has 0 fully saturated rings. The number of hydrogen-bond donors (Lipinski definition) is 2. The van der Waals surface area contributed by atoms with Crippen molar-refractivity contribution in [2.24, 2.45) is 0 Å². The molecule has 172 valence electrons. The summed E-state index contributed by atoms with van der Waals surface area (Å²) in [6.07, 6.45) is 0. The van der Waals surface area contributed by atoms with E-state index in [0.717, 1.165) is 28.5 Å². The number of benzene rings is 3. The van der Waals surface area contributed by atoms with Crippen molar-refractivity contribution in [2.45, 2.75) is 24.3 Å². The molecule has 0 saturated carbocycles. The van der Waals surface area contributed by atoms with Gasteiger partial charge in [0, 0.05) is 11.6 Å². The zero-order valence-electron chi connectivity index (χ0n) is 18.5. The SMILES string of the molecule is Cc1ccc(-c2nnc(SC(C(=O)Nc3ccc(C)cc3[N+](=O)[O-])c3ccccc3)n2N)cc1. The second-order valence-electron chi connectivity index (χ2n) is 7.72. The van der Waals surface area contributed by atoms with Crippen molar-refractivity contribution in [1.82, 2.24) is 14.9 Å². The number of anilines is 1. The van der Waals surface area contributed by atoms with Gasteiger partial charge < -0.3 is 11.2 Å². The lowest BCUT2D eigenvalue weighted by Crippen LogP contribution is -2.21. The summed E-state index contributed by atoms with van der Waals surface area (Å²) in [4.78, 5) is 24.3. The number of hydrogen-bond acceptors (Lipinski definition) is 7. The molecule has 0 aliphatic heterocycles. The molecule has 0 bridgehead atoms. The fourth-order valence-electron chi connectivity index (χ4n) is 3.36. The highest BCUT2D eigenvalue weighted by Gasteiger charge is 2.27. The van der Waals surface area contributed by atoms with Gasteiger partial charge in [-0.15, -0.1) is 10.2 Å². The second-order valence-corrected chi connectivity index (χ2v) is 8.79. The lowest BCUT2D eigenvalue weighted by atomic mass is 10.1. The van der Waals surface area contributed by atoms with Crippen molar-refractivity contribution in [3.8, 4) is 11.4 Å². The number of carbonyl (C=O) groups is 1. The van der Waals surface area contributed by atoms with Crippen LogP contribution in [0.3, 0.4) is 0 Å². The summed E-state index contributed by atoms with van der Waals surface area (Å²) in [6, 6.07) is 21.4. The Bertz CT molecular complexity index is 1340. The molecule has 3 aromatic carbocycles. The Morgan fingerprint density at radius 2 is 1.71 bits per heavy atom. The van der Waals surface area contributed by atoms with Gasteiger partial charge in [-0.1, -0.05) is 78.0 Å². The van der Waals surface area contributed by atoms with Crippen molar-refractivity contribution in [3.63, 3.8) is 0 Å². The van der Waals surface area contributed by atoms with Gasteiger partial charge in [-0.3, -0.25) is 14.9 Å². The van der Waals surface area contributed by atoms with Crippen molar-refractivity contribution < 1.29 is 9.72 Å². The van der Waals surface area contributed by atoms with E-state index in [-0.39, 0.29) is 11.4 Å². The van der Waals surface area contributed by atoms with Crippen LogP contribution in [0.15, 0.2) is 78.0 Å². The lowest BCUT2D eigenvalue weighted by Gasteiger charge is -2.16. The first-order valence-electron chi connectivity index (χ1n) is 10.4. The normalized spacial score (nSPS) is 11.7. The lowest BCUT2D eigenvalue weighted by molar-refractivity contribution is -0.384. The molecule has 10 heteroatoms. The third kappa shape index (κ3) is 4.91. The molecule has 4 rings (SSSR count). The van der Waals surface area contributed by atoms with E-state index in [1.54, 1.807) is 25.1 Å². The Labute approximate surface area is 200 Å². The fourth-order valence-corrected chi connectivity index (χ4v) is 4.32. The number of nitro benzene ring substituents is 1. The number of carbonyl (C=O) groups excluding carboxylic acids is 1. The molecule has 1 heterocycles. The fraction of sp³-hybridized carbons (Fsp3) is 0.125. The van der Waals surface area contributed by atoms with Gasteiger partial charge in [0.2, 0.25) is 11.1 Å². The average molecular weight is 475 g/mol. The smallest absolute Gasteiger partial charge is 0.293 e. The molecular weight excluding hydrogens is 452 g/mol. The zero-order chi connectivity index (χ0) is 24.2. The number of nitrogens with one attached hydrogen (secondary N) is 1. The predicted octanol–water partition coefficient (Wildman–Crippen LogP) is 4.66. The molecule has 9 nitrogen and oxygen atoms in total. The highest BCUT2D eigenvalue weighted by atomic mass is 32.2. The van der Waals surface area contributed by atoms with E-state index in [1.807, 2.05) is 49.4 Å². The standard InChI is InChI=1S/C24H22N6O3S/c1-15-8-11-18(12-9-15)22-27-28-24(29(22)25)34-21(17-6-4-3-5-7-17)23(31)26-19-13-10-16(2)14-20(19)30(32)33/h3-14,21H,25H2,1-2H3,(H,26,31). The average Bonchev–Trinajstić information content (AvgIpc) is 3.19. The van der Waals surface area contributed by atoms with E-state index in [0.29, 0.717) is 16.5 Å². The molecule has 4 aromatic rings. The van der Waals surface area contributed by atoms with Crippen LogP contribution in [0, 0.1) is 24.0 Å². The minimum Gasteiger partial charge on any atom is -0.335 e. The van der Waals surface area contributed by atoms with Crippen molar-refractivity contribution in [2.75, 3.05) is 11.2 Å². The zero-order valence-corrected chi connectivity index (χ0v) is 19.3. The minimum absolute atomic E-state index is 0.122. The van der Waals surface area contributed by atoms with Gasteiger partial charge in [-0.25, -0.2) is 4.68 Å². The first kappa shape index (κ1) is 23.0. The molecule has 1 amide bonds. The molecule has 0 aliphatic carbocycles. The Morgan fingerprint density at radius 3 is 2.38 bits per heavy atom. The highest BCUT2D eigenvalue weighted by Crippen LogP contribution is 2.37. The second kappa shape index (κ2) is 9.75. The van der Waals surface area contributed by atoms with Crippen LogP contribution in [0.5, 0.6) is 0 Å². The van der Waals surface area contributed by atoms with E-state index in [9.17, 15) is 14.9 Å². The summed E-state index contributed by atoms with van der Waals surface area (Å²) in [5.74, 6) is 6.30. The highest BCUT2D eigenvalue weighted by molar-refractivity contribution is 8.00.